The summed E-state index contributed by atoms with van der Waals surface area (Å²) < 4.78 is 29.5. The maximum Gasteiger partial charge on any atom is 0.339 e. The van der Waals surface area contributed by atoms with Crippen molar-refractivity contribution in [3.63, 3.8) is 0 Å². The molecule has 0 spiro atoms. The van der Waals surface area contributed by atoms with Crippen LogP contribution < -0.4 is 15.1 Å². The van der Waals surface area contributed by atoms with Crippen LogP contribution in [0.4, 0.5) is 4.39 Å². The van der Waals surface area contributed by atoms with Gasteiger partial charge in [-0.15, -0.1) is 0 Å². The Morgan fingerprint density at radius 1 is 1.27 bits per heavy atom. The third kappa shape index (κ3) is 4.62. The smallest absolute Gasteiger partial charge is 0.339 e. The SMILES string of the molecule is Cc1cc(OC2CCN(C(=O)COc3ccccc3F)CC2)cc(=O)o1. The van der Waals surface area contributed by atoms with Crippen LogP contribution >= 0.6 is 0 Å². The second-order valence-corrected chi connectivity index (χ2v) is 6.14. The summed E-state index contributed by atoms with van der Waals surface area (Å²) in [5.41, 5.74) is -0.446. The maximum absolute atomic E-state index is 13.5. The number of rotatable bonds is 5. The van der Waals surface area contributed by atoms with E-state index in [4.69, 9.17) is 13.9 Å². The van der Waals surface area contributed by atoms with Crippen molar-refractivity contribution in [1.82, 2.24) is 4.90 Å². The average Bonchev–Trinajstić information content (AvgIpc) is 2.60. The largest absolute Gasteiger partial charge is 0.490 e. The first-order valence-corrected chi connectivity index (χ1v) is 8.45. The Morgan fingerprint density at radius 2 is 2.00 bits per heavy atom. The van der Waals surface area contributed by atoms with Crippen LogP contribution in [0.25, 0.3) is 0 Å². The molecule has 1 aromatic heterocycles. The molecule has 1 aliphatic rings. The Balaban J connectivity index is 1.47. The molecule has 0 saturated carbocycles. The quantitative estimate of drug-likeness (QED) is 0.819. The van der Waals surface area contributed by atoms with E-state index in [1.54, 1.807) is 30.0 Å². The summed E-state index contributed by atoms with van der Waals surface area (Å²) in [7, 11) is 0. The molecule has 1 fully saturated rings. The first kappa shape index (κ1) is 18.0. The number of para-hydroxylation sites is 1. The number of carbonyl (C=O) groups excluding carboxylic acids is 1. The summed E-state index contributed by atoms with van der Waals surface area (Å²) in [4.78, 5) is 25.3. The van der Waals surface area contributed by atoms with Crippen molar-refractivity contribution in [2.75, 3.05) is 19.7 Å². The van der Waals surface area contributed by atoms with E-state index in [0.717, 1.165) is 0 Å². The van der Waals surface area contributed by atoms with Crippen LogP contribution in [0.5, 0.6) is 11.5 Å². The third-order valence-electron chi connectivity index (χ3n) is 4.15. The Labute approximate surface area is 150 Å². The first-order chi connectivity index (χ1) is 12.5. The molecule has 0 bridgehead atoms. The van der Waals surface area contributed by atoms with Gasteiger partial charge in [-0.1, -0.05) is 12.1 Å². The first-order valence-electron chi connectivity index (χ1n) is 8.45. The number of carbonyl (C=O) groups is 1. The Morgan fingerprint density at radius 3 is 2.69 bits per heavy atom. The molecule has 1 amide bonds. The van der Waals surface area contributed by atoms with E-state index >= 15 is 0 Å². The van der Waals surface area contributed by atoms with Gasteiger partial charge in [-0.05, 0) is 19.1 Å². The zero-order chi connectivity index (χ0) is 18.5. The van der Waals surface area contributed by atoms with Crippen LogP contribution in [0.3, 0.4) is 0 Å². The molecule has 2 aromatic rings. The number of hydrogen-bond donors (Lipinski definition) is 0. The van der Waals surface area contributed by atoms with Gasteiger partial charge in [0.25, 0.3) is 5.91 Å². The van der Waals surface area contributed by atoms with E-state index in [-0.39, 0.29) is 24.4 Å². The van der Waals surface area contributed by atoms with Crippen LogP contribution in [0, 0.1) is 12.7 Å². The number of benzene rings is 1. The summed E-state index contributed by atoms with van der Waals surface area (Å²) in [5.74, 6) is 0.354. The van der Waals surface area contributed by atoms with Gasteiger partial charge in [-0.25, -0.2) is 9.18 Å². The molecule has 26 heavy (non-hydrogen) atoms. The Hall–Kier alpha value is -2.83. The summed E-state index contributed by atoms with van der Waals surface area (Å²) in [6, 6.07) is 8.97. The number of hydrogen-bond acceptors (Lipinski definition) is 5. The number of nitrogens with zero attached hydrogens (tertiary/aromatic N) is 1. The van der Waals surface area contributed by atoms with Crippen molar-refractivity contribution in [3.05, 3.63) is 58.4 Å². The molecule has 1 aliphatic heterocycles. The lowest BCUT2D eigenvalue weighted by molar-refractivity contribution is -0.135. The molecule has 138 valence electrons. The fraction of sp³-hybridized carbons (Fsp3) is 0.368. The number of aryl methyl sites for hydroxylation is 1. The highest BCUT2D eigenvalue weighted by molar-refractivity contribution is 5.77. The minimum absolute atomic E-state index is 0.0670. The molecule has 2 heterocycles. The minimum atomic E-state index is -0.491. The third-order valence-corrected chi connectivity index (χ3v) is 4.15. The summed E-state index contributed by atoms with van der Waals surface area (Å²) >= 11 is 0. The highest BCUT2D eigenvalue weighted by Crippen LogP contribution is 2.20. The van der Waals surface area contributed by atoms with Gasteiger partial charge in [-0.2, -0.15) is 0 Å². The molecule has 7 heteroatoms. The van der Waals surface area contributed by atoms with Gasteiger partial charge in [-0.3, -0.25) is 4.79 Å². The molecule has 1 aromatic carbocycles. The van der Waals surface area contributed by atoms with Crippen LogP contribution in [0.15, 0.2) is 45.6 Å². The van der Waals surface area contributed by atoms with Crippen molar-refractivity contribution in [1.29, 1.82) is 0 Å². The summed E-state index contributed by atoms with van der Waals surface area (Å²) in [5, 5.41) is 0. The molecule has 0 atom stereocenters. The predicted molar refractivity (Wildman–Crippen MR) is 91.8 cm³/mol. The molecule has 6 nitrogen and oxygen atoms in total. The van der Waals surface area contributed by atoms with E-state index in [9.17, 15) is 14.0 Å². The fourth-order valence-electron chi connectivity index (χ4n) is 2.85. The Bertz CT molecular complexity index is 827. The molecular weight excluding hydrogens is 341 g/mol. The number of ether oxygens (including phenoxy) is 2. The maximum atomic E-state index is 13.5. The van der Waals surface area contributed by atoms with Crippen molar-refractivity contribution in [2.45, 2.75) is 25.9 Å². The van der Waals surface area contributed by atoms with Crippen LogP contribution in [-0.2, 0) is 4.79 Å². The summed E-state index contributed by atoms with van der Waals surface area (Å²) in [6.07, 6.45) is 1.21. The van der Waals surface area contributed by atoms with Crippen LogP contribution in [0.1, 0.15) is 18.6 Å². The lowest BCUT2D eigenvalue weighted by atomic mass is 10.1. The topological polar surface area (TPSA) is 69.0 Å². The van der Waals surface area contributed by atoms with Crippen molar-refractivity contribution in [3.8, 4) is 11.5 Å². The van der Waals surface area contributed by atoms with E-state index in [1.165, 1.54) is 18.2 Å². The highest BCUT2D eigenvalue weighted by Gasteiger charge is 2.24. The lowest BCUT2D eigenvalue weighted by Gasteiger charge is -2.32. The average molecular weight is 361 g/mol. The molecule has 0 aliphatic carbocycles. The van der Waals surface area contributed by atoms with Gasteiger partial charge < -0.3 is 18.8 Å². The molecule has 0 unspecified atom stereocenters. The molecular formula is C19H20FNO5. The van der Waals surface area contributed by atoms with E-state index in [1.807, 2.05) is 0 Å². The van der Waals surface area contributed by atoms with Gasteiger partial charge in [0.15, 0.2) is 18.2 Å². The number of amides is 1. The molecule has 3 rings (SSSR count). The van der Waals surface area contributed by atoms with Crippen LogP contribution in [-0.4, -0.2) is 36.6 Å². The van der Waals surface area contributed by atoms with E-state index in [0.29, 0.717) is 37.4 Å². The molecule has 0 N–H and O–H groups in total. The highest BCUT2D eigenvalue weighted by atomic mass is 19.1. The van der Waals surface area contributed by atoms with Crippen molar-refractivity contribution in [2.24, 2.45) is 0 Å². The predicted octanol–water partition coefficient (Wildman–Crippen LogP) is 2.54. The Kier molecular flexibility index (Phi) is 5.55. The van der Waals surface area contributed by atoms with Gasteiger partial charge in [0.2, 0.25) is 0 Å². The number of likely N-dealkylation sites (tertiary alicyclic amines) is 1. The molecule has 0 radical (unpaired) electrons. The van der Waals surface area contributed by atoms with Gasteiger partial charge in [0.1, 0.15) is 17.6 Å². The monoisotopic (exact) mass is 361 g/mol. The van der Waals surface area contributed by atoms with Crippen LogP contribution in [0.2, 0.25) is 0 Å². The second kappa shape index (κ2) is 8.03. The van der Waals surface area contributed by atoms with Crippen molar-refractivity contribution >= 4 is 5.91 Å². The standard InChI is InChI=1S/C19H20FNO5/c1-13-10-15(11-19(23)25-13)26-14-6-8-21(9-7-14)18(22)12-24-17-5-3-2-4-16(17)20/h2-5,10-11,14H,6-9,12H2,1H3. The second-order valence-electron chi connectivity index (χ2n) is 6.14. The minimum Gasteiger partial charge on any atom is -0.490 e. The lowest BCUT2D eigenvalue weighted by Crippen LogP contribution is -2.43. The fourth-order valence-corrected chi connectivity index (χ4v) is 2.85. The van der Waals surface area contributed by atoms with Gasteiger partial charge in [0.05, 0.1) is 6.07 Å². The number of halogens is 1. The zero-order valence-electron chi connectivity index (χ0n) is 14.4. The van der Waals surface area contributed by atoms with E-state index in [2.05, 4.69) is 0 Å². The van der Waals surface area contributed by atoms with Crippen molar-refractivity contribution < 1.29 is 23.1 Å². The number of piperidine rings is 1. The molecule has 1 saturated heterocycles. The van der Waals surface area contributed by atoms with Gasteiger partial charge >= 0.3 is 5.63 Å². The zero-order valence-corrected chi connectivity index (χ0v) is 14.4. The summed E-state index contributed by atoms with van der Waals surface area (Å²) in [6.45, 7) is 2.52. The van der Waals surface area contributed by atoms with E-state index < -0.39 is 11.4 Å². The van der Waals surface area contributed by atoms with Gasteiger partial charge in [0, 0.05) is 32.0 Å². The normalized spacial score (nSPS) is 14.9.